The molecule has 2 aromatic rings. The molecule has 2 amide bonds. The molecule has 1 aromatic heterocycles. The Morgan fingerprint density at radius 2 is 1.88 bits per heavy atom. The van der Waals surface area contributed by atoms with E-state index in [-0.39, 0.29) is 23.5 Å². The number of amides is 2. The molecule has 0 N–H and O–H groups in total. The van der Waals surface area contributed by atoms with Gasteiger partial charge < -0.3 is 14.4 Å². The summed E-state index contributed by atoms with van der Waals surface area (Å²) in [4.78, 5) is 32.3. The van der Waals surface area contributed by atoms with Crippen molar-refractivity contribution in [2.75, 3.05) is 37.4 Å². The Kier molecular flexibility index (Phi) is 6.43. The van der Waals surface area contributed by atoms with Gasteiger partial charge in [-0.1, -0.05) is 6.07 Å². The molecule has 2 aliphatic heterocycles. The molecule has 0 saturated carbocycles. The Balaban J connectivity index is 1.25. The summed E-state index contributed by atoms with van der Waals surface area (Å²) in [5.74, 6) is -0.0775. The summed E-state index contributed by atoms with van der Waals surface area (Å²) in [5.41, 5.74) is 1.01. The van der Waals surface area contributed by atoms with Crippen molar-refractivity contribution in [2.45, 2.75) is 29.9 Å². The third-order valence-corrected chi connectivity index (χ3v) is 6.71. The van der Waals surface area contributed by atoms with Crippen molar-refractivity contribution < 1.29 is 27.5 Å². The predicted molar refractivity (Wildman–Crippen MR) is 116 cm³/mol. The standard InChI is InChI=1S/C22H25N3O6S/c1-32(28,29)19-7-5-16(6-8-19)25-14-18(31-22(25)27)15-30-17-9-12-24(13-10-17)21(26)20-4-2-3-11-23-20/h2-8,11,17-18H,9-10,12-15H2,1H3. The molecular weight excluding hydrogens is 434 g/mol. The first-order valence-corrected chi connectivity index (χ1v) is 12.3. The van der Waals surface area contributed by atoms with Crippen LogP contribution in [-0.2, 0) is 19.3 Å². The first kappa shape index (κ1) is 22.2. The summed E-state index contributed by atoms with van der Waals surface area (Å²) in [7, 11) is -3.30. The second kappa shape index (κ2) is 9.25. The van der Waals surface area contributed by atoms with Gasteiger partial charge in [0, 0.05) is 31.2 Å². The molecule has 32 heavy (non-hydrogen) atoms. The van der Waals surface area contributed by atoms with Crippen LogP contribution < -0.4 is 4.90 Å². The second-order valence-corrected chi connectivity index (χ2v) is 9.94. The summed E-state index contributed by atoms with van der Waals surface area (Å²) < 4.78 is 34.6. The zero-order chi connectivity index (χ0) is 22.7. The van der Waals surface area contributed by atoms with Gasteiger partial charge in [-0.05, 0) is 49.2 Å². The van der Waals surface area contributed by atoms with Gasteiger partial charge in [-0.15, -0.1) is 0 Å². The second-order valence-electron chi connectivity index (χ2n) is 7.92. The fourth-order valence-electron chi connectivity index (χ4n) is 3.81. The summed E-state index contributed by atoms with van der Waals surface area (Å²) in [6, 6.07) is 11.4. The Hall–Kier alpha value is -2.98. The molecule has 0 aliphatic carbocycles. The Morgan fingerprint density at radius 1 is 1.16 bits per heavy atom. The number of pyridine rings is 1. The van der Waals surface area contributed by atoms with Gasteiger partial charge in [0.25, 0.3) is 5.91 Å². The van der Waals surface area contributed by atoms with Gasteiger partial charge in [-0.25, -0.2) is 13.2 Å². The molecule has 0 radical (unpaired) electrons. The van der Waals surface area contributed by atoms with Gasteiger partial charge in [-0.2, -0.15) is 0 Å². The van der Waals surface area contributed by atoms with E-state index in [1.807, 2.05) is 0 Å². The van der Waals surface area contributed by atoms with Crippen LogP contribution in [0.3, 0.4) is 0 Å². The lowest BCUT2D eigenvalue weighted by Crippen LogP contribution is -2.41. The van der Waals surface area contributed by atoms with Crippen LogP contribution in [0.2, 0.25) is 0 Å². The number of rotatable bonds is 6. The molecule has 1 aromatic carbocycles. The third kappa shape index (κ3) is 5.08. The minimum atomic E-state index is -3.30. The number of cyclic esters (lactones) is 1. The highest BCUT2D eigenvalue weighted by Crippen LogP contribution is 2.24. The average molecular weight is 460 g/mol. The molecule has 1 unspecified atom stereocenters. The van der Waals surface area contributed by atoms with Crippen LogP contribution in [0, 0.1) is 0 Å². The normalized spacial score (nSPS) is 19.8. The molecule has 4 rings (SSSR count). The SMILES string of the molecule is CS(=O)(=O)c1ccc(N2CC(COC3CCN(C(=O)c4ccccn4)CC3)OC2=O)cc1. The van der Waals surface area contributed by atoms with Gasteiger partial charge >= 0.3 is 6.09 Å². The highest BCUT2D eigenvalue weighted by Gasteiger charge is 2.34. The number of carbonyl (C=O) groups is 2. The highest BCUT2D eigenvalue weighted by molar-refractivity contribution is 7.90. The number of anilines is 1. The van der Waals surface area contributed by atoms with E-state index >= 15 is 0 Å². The molecular formula is C22H25N3O6S. The van der Waals surface area contributed by atoms with E-state index in [0.29, 0.717) is 43.9 Å². The van der Waals surface area contributed by atoms with Crippen LogP contribution in [0.5, 0.6) is 0 Å². The zero-order valence-electron chi connectivity index (χ0n) is 17.7. The van der Waals surface area contributed by atoms with Gasteiger partial charge in [-0.3, -0.25) is 14.7 Å². The average Bonchev–Trinajstić information content (AvgIpc) is 3.18. The number of aromatic nitrogens is 1. The minimum Gasteiger partial charge on any atom is -0.441 e. The highest BCUT2D eigenvalue weighted by atomic mass is 32.2. The summed E-state index contributed by atoms with van der Waals surface area (Å²) in [6.07, 6.45) is 3.25. The van der Waals surface area contributed by atoms with E-state index in [2.05, 4.69) is 4.98 Å². The smallest absolute Gasteiger partial charge is 0.414 e. The molecule has 0 bridgehead atoms. The van der Waals surface area contributed by atoms with Crippen LogP contribution in [-0.4, -0.2) is 75.0 Å². The molecule has 2 saturated heterocycles. The van der Waals surface area contributed by atoms with Crippen LogP contribution >= 0.6 is 0 Å². The van der Waals surface area contributed by atoms with Crippen LogP contribution in [0.15, 0.2) is 53.6 Å². The maximum Gasteiger partial charge on any atom is 0.414 e. The zero-order valence-corrected chi connectivity index (χ0v) is 18.5. The van der Waals surface area contributed by atoms with Crippen molar-refractivity contribution in [3.8, 4) is 0 Å². The van der Waals surface area contributed by atoms with E-state index in [0.717, 1.165) is 6.26 Å². The first-order valence-electron chi connectivity index (χ1n) is 10.4. The summed E-state index contributed by atoms with van der Waals surface area (Å²) in [5, 5.41) is 0. The molecule has 9 nitrogen and oxygen atoms in total. The number of benzene rings is 1. The van der Waals surface area contributed by atoms with Gasteiger partial charge in [0.2, 0.25) is 0 Å². The van der Waals surface area contributed by atoms with E-state index in [1.165, 1.54) is 17.0 Å². The molecule has 3 heterocycles. The number of carbonyl (C=O) groups excluding carboxylic acids is 2. The Labute approximate surface area is 186 Å². The fraction of sp³-hybridized carbons (Fsp3) is 0.409. The molecule has 1 atom stereocenters. The molecule has 2 fully saturated rings. The first-order chi connectivity index (χ1) is 15.3. The summed E-state index contributed by atoms with van der Waals surface area (Å²) in [6.45, 7) is 1.77. The van der Waals surface area contributed by atoms with Crippen molar-refractivity contribution in [1.29, 1.82) is 0 Å². The number of hydrogen-bond acceptors (Lipinski definition) is 7. The largest absolute Gasteiger partial charge is 0.441 e. The van der Waals surface area contributed by atoms with E-state index < -0.39 is 22.0 Å². The van der Waals surface area contributed by atoms with Crippen molar-refractivity contribution >= 4 is 27.5 Å². The molecule has 170 valence electrons. The van der Waals surface area contributed by atoms with Crippen LogP contribution in [0.25, 0.3) is 0 Å². The minimum absolute atomic E-state index is 0.00965. The fourth-order valence-corrected chi connectivity index (χ4v) is 4.44. The van der Waals surface area contributed by atoms with Gasteiger partial charge in [0.15, 0.2) is 9.84 Å². The number of sulfone groups is 1. The lowest BCUT2D eigenvalue weighted by Gasteiger charge is -2.32. The van der Waals surface area contributed by atoms with Crippen molar-refractivity contribution in [2.24, 2.45) is 0 Å². The van der Waals surface area contributed by atoms with Crippen LogP contribution in [0.4, 0.5) is 10.5 Å². The number of likely N-dealkylation sites (tertiary alicyclic amines) is 1. The molecule has 0 spiro atoms. The Morgan fingerprint density at radius 3 is 2.50 bits per heavy atom. The van der Waals surface area contributed by atoms with Crippen molar-refractivity contribution in [1.82, 2.24) is 9.88 Å². The van der Waals surface area contributed by atoms with Crippen molar-refractivity contribution in [3.05, 3.63) is 54.4 Å². The van der Waals surface area contributed by atoms with Gasteiger partial charge in [0.1, 0.15) is 11.8 Å². The quantitative estimate of drug-likeness (QED) is 0.651. The predicted octanol–water partition coefficient (Wildman–Crippen LogP) is 2.13. The number of hydrogen-bond donors (Lipinski definition) is 0. The summed E-state index contributed by atoms with van der Waals surface area (Å²) >= 11 is 0. The molecule has 10 heteroatoms. The van der Waals surface area contributed by atoms with Crippen molar-refractivity contribution in [3.63, 3.8) is 0 Å². The Bertz CT molecular complexity index is 1070. The third-order valence-electron chi connectivity index (χ3n) is 5.58. The number of piperidine rings is 1. The lowest BCUT2D eigenvalue weighted by molar-refractivity contribution is -0.0250. The monoisotopic (exact) mass is 459 g/mol. The lowest BCUT2D eigenvalue weighted by atomic mass is 10.1. The van der Waals surface area contributed by atoms with Gasteiger partial charge in [0.05, 0.1) is 24.2 Å². The topological polar surface area (TPSA) is 106 Å². The van der Waals surface area contributed by atoms with E-state index in [4.69, 9.17) is 9.47 Å². The molecule has 2 aliphatic rings. The van der Waals surface area contributed by atoms with Crippen LogP contribution in [0.1, 0.15) is 23.3 Å². The number of ether oxygens (including phenoxy) is 2. The maximum absolute atomic E-state index is 12.5. The number of nitrogens with zero attached hydrogens (tertiary/aromatic N) is 3. The van der Waals surface area contributed by atoms with E-state index in [9.17, 15) is 18.0 Å². The van der Waals surface area contributed by atoms with E-state index in [1.54, 1.807) is 41.4 Å². The maximum atomic E-state index is 12.5.